The molecule has 1 atom stereocenters. The summed E-state index contributed by atoms with van der Waals surface area (Å²) < 4.78 is 0. The molecule has 1 aliphatic rings. The molecule has 0 radical (unpaired) electrons. The Morgan fingerprint density at radius 3 is 2.41 bits per heavy atom. The maximum atomic E-state index is 3.17. The summed E-state index contributed by atoms with van der Waals surface area (Å²) in [6.45, 7) is 0. The van der Waals surface area contributed by atoms with Crippen LogP contribution in [0.2, 0.25) is 0 Å². The quantitative estimate of drug-likeness (QED) is 0.828. The SMILES string of the molecule is CNC1=CCC(Cc2ccc(NC)cc2)C=C1. The van der Waals surface area contributed by atoms with Crippen molar-refractivity contribution in [2.24, 2.45) is 5.92 Å². The molecule has 0 saturated heterocycles. The fourth-order valence-electron chi connectivity index (χ4n) is 2.11. The predicted octanol–water partition coefficient (Wildman–Crippen LogP) is 2.95. The van der Waals surface area contributed by atoms with Gasteiger partial charge in [0.2, 0.25) is 0 Å². The number of rotatable bonds is 4. The summed E-state index contributed by atoms with van der Waals surface area (Å²) in [5.41, 5.74) is 3.80. The molecule has 1 aromatic rings. The topological polar surface area (TPSA) is 24.1 Å². The van der Waals surface area contributed by atoms with Crippen molar-refractivity contribution in [3.63, 3.8) is 0 Å². The van der Waals surface area contributed by atoms with Crippen molar-refractivity contribution in [3.8, 4) is 0 Å². The van der Waals surface area contributed by atoms with E-state index in [0.29, 0.717) is 5.92 Å². The third kappa shape index (κ3) is 3.13. The first-order valence-corrected chi connectivity index (χ1v) is 6.14. The zero-order chi connectivity index (χ0) is 12.1. The smallest absolute Gasteiger partial charge is 0.0337 e. The molecule has 0 heterocycles. The second-order valence-electron chi connectivity index (χ2n) is 4.42. The Balaban J connectivity index is 1.94. The monoisotopic (exact) mass is 228 g/mol. The molecule has 0 saturated carbocycles. The fourth-order valence-corrected chi connectivity index (χ4v) is 2.11. The van der Waals surface area contributed by atoms with Gasteiger partial charge < -0.3 is 10.6 Å². The number of allylic oxidation sites excluding steroid dienone is 3. The van der Waals surface area contributed by atoms with Crippen LogP contribution in [0.15, 0.2) is 48.2 Å². The van der Waals surface area contributed by atoms with E-state index in [1.165, 1.54) is 16.9 Å². The van der Waals surface area contributed by atoms with Gasteiger partial charge in [0.15, 0.2) is 0 Å². The molecule has 2 rings (SSSR count). The summed E-state index contributed by atoms with van der Waals surface area (Å²) in [7, 11) is 3.91. The zero-order valence-corrected chi connectivity index (χ0v) is 10.5. The Morgan fingerprint density at radius 1 is 1.12 bits per heavy atom. The molecule has 2 N–H and O–H groups in total. The summed E-state index contributed by atoms with van der Waals surface area (Å²) in [5, 5.41) is 6.31. The lowest BCUT2D eigenvalue weighted by Crippen LogP contribution is -2.10. The highest BCUT2D eigenvalue weighted by molar-refractivity contribution is 5.44. The summed E-state index contributed by atoms with van der Waals surface area (Å²) >= 11 is 0. The van der Waals surface area contributed by atoms with Gasteiger partial charge in [-0.15, -0.1) is 0 Å². The average Bonchev–Trinajstić information content (AvgIpc) is 2.40. The Morgan fingerprint density at radius 2 is 1.88 bits per heavy atom. The lowest BCUT2D eigenvalue weighted by atomic mass is 9.92. The lowest BCUT2D eigenvalue weighted by molar-refractivity contribution is 0.645. The molecule has 0 fully saturated rings. The van der Waals surface area contributed by atoms with Crippen LogP contribution in [0, 0.1) is 5.92 Å². The lowest BCUT2D eigenvalue weighted by Gasteiger charge is -2.16. The van der Waals surface area contributed by atoms with E-state index >= 15 is 0 Å². The summed E-state index contributed by atoms with van der Waals surface area (Å²) in [4.78, 5) is 0. The van der Waals surface area contributed by atoms with E-state index in [1.807, 2.05) is 14.1 Å². The first-order valence-electron chi connectivity index (χ1n) is 6.14. The summed E-state index contributed by atoms with van der Waals surface area (Å²) in [6, 6.07) is 8.68. The van der Waals surface area contributed by atoms with E-state index < -0.39 is 0 Å². The third-order valence-electron chi connectivity index (χ3n) is 3.22. The highest BCUT2D eigenvalue weighted by Gasteiger charge is 2.08. The van der Waals surface area contributed by atoms with Crippen LogP contribution in [-0.2, 0) is 6.42 Å². The summed E-state index contributed by atoms with van der Waals surface area (Å²) in [5.74, 6) is 0.632. The summed E-state index contributed by atoms with van der Waals surface area (Å²) in [6.07, 6.45) is 9.00. The Labute approximate surface area is 103 Å². The van der Waals surface area contributed by atoms with Gasteiger partial charge in [-0.25, -0.2) is 0 Å². The number of likely N-dealkylation sites (N-methyl/N-ethyl adjacent to an activating group) is 1. The molecule has 0 aromatic heterocycles. The number of hydrogen-bond donors (Lipinski definition) is 2. The van der Waals surface area contributed by atoms with Crippen LogP contribution < -0.4 is 10.6 Å². The van der Waals surface area contributed by atoms with Crippen molar-refractivity contribution < 1.29 is 0 Å². The van der Waals surface area contributed by atoms with Crippen LogP contribution >= 0.6 is 0 Å². The van der Waals surface area contributed by atoms with Crippen LogP contribution in [0.4, 0.5) is 5.69 Å². The number of benzene rings is 1. The van der Waals surface area contributed by atoms with Gasteiger partial charge in [0.1, 0.15) is 0 Å². The highest BCUT2D eigenvalue weighted by Crippen LogP contribution is 2.20. The molecule has 17 heavy (non-hydrogen) atoms. The first-order chi connectivity index (χ1) is 8.31. The predicted molar refractivity (Wildman–Crippen MR) is 74.1 cm³/mol. The van der Waals surface area contributed by atoms with Crippen molar-refractivity contribution in [1.82, 2.24) is 5.32 Å². The molecule has 1 unspecified atom stereocenters. The number of nitrogens with one attached hydrogen (secondary N) is 2. The number of hydrogen-bond acceptors (Lipinski definition) is 2. The number of anilines is 1. The van der Waals surface area contributed by atoms with E-state index in [4.69, 9.17) is 0 Å². The second-order valence-corrected chi connectivity index (χ2v) is 4.42. The third-order valence-corrected chi connectivity index (χ3v) is 3.22. The van der Waals surface area contributed by atoms with Crippen LogP contribution in [0.5, 0.6) is 0 Å². The maximum Gasteiger partial charge on any atom is 0.0337 e. The van der Waals surface area contributed by atoms with Crippen LogP contribution in [0.1, 0.15) is 12.0 Å². The highest BCUT2D eigenvalue weighted by atomic mass is 14.8. The minimum Gasteiger partial charge on any atom is -0.388 e. The standard InChI is InChI=1S/C15H20N2/c1-16-14-7-3-12(4-8-14)11-13-5-9-15(17-2)10-6-13/h3-5,7-10,13,16-17H,6,11H2,1-2H3. The Hall–Kier alpha value is -1.70. The van der Waals surface area contributed by atoms with Gasteiger partial charge in [-0.2, -0.15) is 0 Å². The van der Waals surface area contributed by atoms with Gasteiger partial charge in [-0.05, 0) is 42.5 Å². The first kappa shape index (κ1) is 11.8. The Kier molecular flexibility index (Phi) is 3.86. The minimum absolute atomic E-state index is 0.632. The molecule has 0 spiro atoms. The van der Waals surface area contributed by atoms with E-state index in [9.17, 15) is 0 Å². The van der Waals surface area contributed by atoms with Crippen molar-refractivity contribution in [3.05, 3.63) is 53.8 Å². The van der Waals surface area contributed by atoms with Gasteiger partial charge in [-0.3, -0.25) is 0 Å². The molecule has 90 valence electrons. The fraction of sp³-hybridized carbons (Fsp3) is 0.333. The van der Waals surface area contributed by atoms with E-state index in [-0.39, 0.29) is 0 Å². The van der Waals surface area contributed by atoms with Gasteiger partial charge in [0, 0.05) is 25.5 Å². The van der Waals surface area contributed by atoms with Crippen LogP contribution in [-0.4, -0.2) is 14.1 Å². The molecule has 0 amide bonds. The van der Waals surface area contributed by atoms with Gasteiger partial charge in [0.25, 0.3) is 0 Å². The van der Waals surface area contributed by atoms with Crippen molar-refractivity contribution in [2.45, 2.75) is 12.8 Å². The maximum absolute atomic E-state index is 3.17. The van der Waals surface area contributed by atoms with Crippen LogP contribution in [0.3, 0.4) is 0 Å². The van der Waals surface area contributed by atoms with Gasteiger partial charge >= 0.3 is 0 Å². The van der Waals surface area contributed by atoms with Gasteiger partial charge in [-0.1, -0.05) is 24.3 Å². The molecule has 2 nitrogen and oxygen atoms in total. The van der Waals surface area contributed by atoms with Gasteiger partial charge in [0.05, 0.1) is 0 Å². The van der Waals surface area contributed by atoms with E-state index in [2.05, 4.69) is 53.1 Å². The van der Waals surface area contributed by atoms with Crippen molar-refractivity contribution in [2.75, 3.05) is 19.4 Å². The average molecular weight is 228 g/mol. The molecule has 1 aliphatic carbocycles. The molecule has 1 aromatic carbocycles. The minimum atomic E-state index is 0.632. The molecular weight excluding hydrogens is 208 g/mol. The molecule has 2 heteroatoms. The largest absolute Gasteiger partial charge is 0.388 e. The second kappa shape index (κ2) is 5.58. The zero-order valence-electron chi connectivity index (χ0n) is 10.5. The normalized spacial score (nSPS) is 18.7. The molecule has 0 bridgehead atoms. The van der Waals surface area contributed by atoms with Crippen molar-refractivity contribution in [1.29, 1.82) is 0 Å². The Bertz CT molecular complexity index is 415. The van der Waals surface area contributed by atoms with E-state index in [1.54, 1.807) is 0 Å². The van der Waals surface area contributed by atoms with E-state index in [0.717, 1.165) is 12.8 Å². The van der Waals surface area contributed by atoms with Crippen LogP contribution in [0.25, 0.3) is 0 Å². The molecular formula is C15H20N2. The molecule has 0 aliphatic heterocycles. The van der Waals surface area contributed by atoms with Crippen molar-refractivity contribution >= 4 is 5.69 Å².